The predicted molar refractivity (Wildman–Crippen MR) is 151 cm³/mol. The van der Waals surface area contributed by atoms with E-state index in [9.17, 15) is 14.7 Å². The van der Waals surface area contributed by atoms with Gasteiger partial charge in [0.05, 0.1) is 21.3 Å². The molecule has 1 aromatic carbocycles. The molecule has 4 heterocycles. The second-order valence-electron chi connectivity index (χ2n) is 9.81. The van der Waals surface area contributed by atoms with Crippen LogP contribution in [0.25, 0.3) is 32.6 Å². The van der Waals surface area contributed by atoms with E-state index in [0.717, 1.165) is 44.0 Å². The number of carboxylic acids is 1. The van der Waals surface area contributed by atoms with E-state index in [1.54, 1.807) is 6.20 Å². The highest BCUT2D eigenvalue weighted by atomic mass is 32.1. The van der Waals surface area contributed by atoms with Crippen molar-refractivity contribution in [3.8, 4) is 22.4 Å². The summed E-state index contributed by atoms with van der Waals surface area (Å²) in [4.78, 5) is 39.9. The van der Waals surface area contributed by atoms with Gasteiger partial charge in [0.15, 0.2) is 5.13 Å². The molecular weight excluding hydrogens is 500 g/mol. The molecule has 0 atom stereocenters. The largest absolute Gasteiger partial charge is 0.481 e. The first kappa shape index (κ1) is 25.6. The SMILES string of the molecule is CCNC(=O)Nc1nc2cc(-c3cnc(N4CCC(C)(C(=O)O)CC4)c(C)c3)cc(-c3ccccn3)c2s1. The van der Waals surface area contributed by atoms with Crippen molar-refractivity contribution in [3.05, 3.63) is 54.4 Å². The van der Waals surface area contributed by atoms with Crippen molar-refractivity contribution >= 4 is 44.5 Å². The topological polar surface area (TPSA) is 120 Å². The Kier molecular flexibility index (Phi) is 6.98. The summed E-state index contributed by atoms with van der Waals surface area (Å²) in [5, 5.41) is 15.6. The van der Waals surface area contributed by atoms with Gasteiger partial charge in [-0.25, -0.2) is 14.8 Å². The van der Waals surface area contributed by atoms with E-state index in [4.69, 9.17) is 9.97 Å². The zero-order valence-electron chi connectivity index (χ0n) is 21.6. The standard InChI is InChI=1S/C28H30N6O3S/c1-4-29-26(37)33-27-32-22-15-18(14-20(23(22)38-27)21-7-5-6-10-30-21)19-13-17(2)24(31-16-19)34-11-8-28(3,9-12-34)25(35)36/h5-7,10,13-16H,4,8-9,11-12H2,1-3H3,(H,35,36)(H2,29,32,33,37). The molecule has 1 saturated heterocycles. The van der Waals surface area contributed by atoms with Crippen LogP contribution in [0.1, 0.15) is 32.3 Å². The molecule has 1 aliphatic rings. The molecule has 0 spiro atoms. The number of hydrogen-bond donors (Lipinski definition) is 3. The van der Waals surface area contributed by atoms with E-state index < -0.39 is 11.4 Å². The lowest BCUT2D eigenvalue weighted by Gasteiger charge is -2.37. The van der Waals surface area contributed by atoms with Crippen LogP contribution in [-0.4, -0.2) is 51.7 Å². The molecular formula is C28H30N6O3S. The van der Waals surface area contributed by atoms with Gasteiger partial charge in [0.2, 0.25) is 0 Å². The monoisotopic (exact) mass is 530 g/mol. The van der Waals surface area contributed by atoms with Gasteiger partial charge in [-0.15, -0.1) is 0 Å². The third-order valence-corrected chi connectivity index (χ3v) is 8.08. The number of aromatic nitrogens is 3. The van der Waals surface area contributed by atoms with Gasteiger partial charge >= 0.3 is 12.0 Å². The van der Waals surface area contributed by atoms with Crippen LogP contribution in [0, 0.1) is 12.3 Å². The second-order valence-corrected chi connectivity index (χ2v) is 10.8. The molecule has 10 heteroatoms. The minimum atomic E-state index is -0.734. The number of fused-ring (bicyclic) bond motifs is 1. The number of nitrogens with zero attached hydrogens (tertiary/aromatic N) is 4. The third-order valence-electron chi connectivity index (χ3n) is 7.06. The Morgan fingerprint density at radius 2 is 1.92 bits per heavy atom. The van der Waals surface area contributed by atoms with Crippen molar-refractivity contribution in [2.45, 2.75) is 33.6 Å². The fourth-order valence-corrected chi connectivity index (χ4v) is 5.71. The molecule has 1 aliphatic heterocycles. The van der Waals surface area contributed by atoms with E-state index >= 15 is 0 Å². The number of urea groups is 1. The summed E-state index contributed by atoms with van der Waals surface area (Å²) in [6.07, 6.45) is 4.80. The summed E-state index contributed by atoms with van der Waals surface area (Å²) in [7, 11) is 0. The average Bonchev–Trinajstić information content (AvgIpc) is 3.31. The molecule has 0 unspecified atom stereocenters. The van der Waals surface area contributed by atoms with Gasteiger partial charge in [0.1, 0.15) is 5.82 Å². The number of aryl methyl sites for hydroxylation is 1. The molecule has 0 saturated carbocycles. The normalized spacial score (nSPS) is 14.9. The quantitative estimate of drug-likeness (QED) is 0.298. The van der Waals surface area contributed by atoms with Crippen LogP contribution in [-0.2, 0) is 4.79 Å². The second kappa shape index (κ2) is 10.4. The molecule has 4 aromatic rings. The van der Waals surface area contributed by atoms with Crippen molar-refractivity contribution < 1.29 is 14.7 Å². The maximum Gasteiger partial charge on any atom is 0.321 e. The number of benzene rings is 1. The molecule has 38 heavy (non-hydrogen) atoms. The molecule has 0 aliphatic carbocycles. The maximum atomic E-state index is 12.1. The van der Waals surface area contributed by atoms with E-state index in [1.165, 1.54) is 11.3 Å². The first-order valence-corrected chi connectivity index (χ1v) is 13.5. The van der Waals surface area contributed by atoms with Gasteiger partial charge in [-0.05, 0) is 75.1 Å². The van der Waals surface area contributed by atoms with E-state index in [0.29, 0.717) is 37.6 Å². The van der Waals surface area contributed by atoms with Crippen LogP contribution in [0.15, 0.2) is 48.8 Å². The number of pyridine rings is 2. The Bertz CT molecular complexity index is 1500. The summed E-state index contributed by atoms with van der Waals surface area (Å²) in [5.74, 6) is 0.150. The molecule has 0 bridgehead atoms. The number of carboxylic acid groups (broad SMARTS) is 1. The third kappa shape index (κ3) is 5.04. The minimum Gasteiger partial charge on any atom is -0.481 e. The van der Waals surface area contributed by atoms with Crippen LogP contribution < -0.4 is 15.5 Å². The number of rotatable bonds is 6. The highest BCUT2D eigenvalue weighted by Crippen LogP contribution is 2.39. The number of carbonyl (C=O) groups is 2. The molecule has 0 radical (unpaired) electrons. The number of anilines is 2. The van der Waals surface area contributed by atoms with E-state index in [2.05, 4.69) is 32.7 Å². The van der Waals surface area contributed by atoms with Crippen molar-refractivity contribution in [3.63, 3.8) is 0 Å². The van der Waals surface area contributed by atoms with Gasteiger partial charge in [0, 0.05) is 43.2 Å². The molecule has 3 aromatic heterocycles. The van der Waals surface area contributed by atoms with Crippen LogP contribution in [0.2, 0.25) is 0 Å². The lowest BCUT2D eigenvalue weighted by Crippen LogP contribution is -2.43. The van der Waals surface area contributed by atoms with E-state index in [1.807, 2.05) is 51.2 Å². The van der Waals surface area contributed by atoms with Crippen LogP contribution in [0.4, 0.5) is 15.7 Å². The summed E-state index contributed by atoms with van der Waals surface area (Å²) >= 11 is 1.42. The Morgan fingerprint density at radius 3 is 2.58 bits per heavy atom. The van der Waals surface area contributed by atoms with Gasteiger partial charge in [0.25, 0.3) is 0 Å². The fourth-order valence-electron chi connectivity index (χ4n) is 4.75. The first-order chi connectivity index (χ1) is 18.3. The van der Waals surface area contributed by atoms with Crippen molar-refractivity contribution in [1.29, 1.82) is 0 Å². The van der Waals surface area contributed by atoms with Crippen molar-refractivity contribution in [1.82, 2.24) is 20.3 Å². The van der Waals surface area contributed by atoms with Crippen LogP contribution in [0.3, 0.4) is 0 Å². The van der Waals surface area contributed by atoms with Gasteiger partial charge in [-0.1, -0.05) is 17.4 Å². The fraction of sp³-hybridized carbons (Fsp3) is 0.321. The number of nitrogens with one attached hydrogen (secondary N) is 2. The Morgan fingerprint density at radius 1 is 1.13 bits per heavy atom. The number of hydrogen-bond acceptors (Lipinski definition) is 7. The summed E-state index contributed by atoms with van der Waals surface area (Å²) in [6, 6.07) is 11.7. The van der Waals surface area contributed by atoms with Gasteiger partial charge in [-0.2, -0.15) is 0 Å². The number of thiazole rings is 1. The maximum absolute atomic E-state index is 12.1. The Hall–Kier alpha value is -4.05. The summed E-state index contributed by atoms with van der Waals surface area (Å²) < 4.78 is 0.940. The van der Waals surface area contributed by atoms with Crippen molar-refractivity contribution in [2.24, 2.45) is 5.41 Å². The van der Waals surface area contributed by atoms with Crippen LogP contribution in [0.5, 0.6) is 0 Å². The zero-order valence-corrected chi connectivity index (χ0v) is 22.4. The van der Waals surface area contributed by atoms with Gasteiger partial charge in [-0.3, -0.25) is 15.1 Å². The lowest BCUT2D eigenvalue weighted by molar-refractivity contribution is -0.149. The summed E-state index contributed by atoms with van der Waals surface area (Å²) in [6.45, 7) is 7.56. The molecule has 1 fully saturated rings. The number of amides is 2. The predicted octanol–water partition coefficient (Wildman–Crippen LogP) is 5.56. The van der Waals surface area contributed by atoms with E-state index in [-0.39, 0.29) is 6.03 Å². The van der Waals surface area contributed by atoms with Crippen LogP contribution >= 0.6 is 11.3 Å². The lowest BCUT2D eigenvalue weighted by atomic mass is 9.80. The Balaban J connectivity index is 1.50. The highest BCUT2D eigenvalue weighted by molar-refractivity contribution is 7.22. The zero-order chi connectivity index (χ0) is 26.9. The van der Waals surface area contributed by atoms with Crippen molar-refractivity contribution in [2.75, 3.05) is 29.9 Å². The molecule has 5 rings (SSSR count). The minimum absolute atomic E-state index is 0.289. The van der Waals surface area contributed by atoms with Gasteiger partial charge < -0.3 is 15.3 Å². The number of aliphatic carboxylic acids is 1. The number of piperidine rings is 1. The smallest absolute Gasteiger partial charge is 0.321 e. The Labute approximate surface area is 225 Å². The highest BCUT2D eigenvalue weighted by Gasteiger charge is 2.37. The molecule has 9 nitrogen and oxygen atoms in total. The molecule has 3 N–H and O–H groups in total. The first-order valence-electron chi connectivity index (χ1n) is 12.6. The number of carbonyl (C=O) groups excluding carboxylic acids is 1. The summed E-state index contributed by atoms with van der Waals surface area (Å²) in [5.41, 5.74) is 4.77. The average molecular weight is 531 g/mol. The molecule has 196 valence electrons. The molecule has 2 amide bonds.